The van der Waals surface area contributed by atoms with Crippen LogP contribution in [0.5, 0.6) is 11.5 Å². The van der Waals surface area contributed by atoms with E-state index in [1.807, 2.05) is 18.5 Å². The summed E-state index contributed by atoms with van der Waals surface area (Å²) in [5.41, 5.74) is 2.51. The van der Waals surface area contributed by atoms with Gasteiger partial charge >= 0.3 is 0 Å². The summed E-state index contributed by atoms with van der Waals surface area (Å²) in [4.78, 5) is 8.88. The molecule has 5 nitrogen and oxygen atoms in total. The van der Waals surface area contributed by atoms with Crippen molar-refractivity contribution < 1.29 is 9.47 Å². The maximum absolute atomic E-state index is 5.56. The molecule has 1 aromatic carbocycles. The van der Waals surface area contributed by atoms with Crippen molar-refractivity contribution in [2.45, 2.75) is 57.5 Å². The number of aryl methyl sites for hydroxylation is 1. The molecule has 0 saturated heterocycles. The highest BCUT2D eigenvalue weighted by Crippen LogP contribution is 2.55. The van der Waals surface area contributed by atoms with Crippen LogP contribution >= 0.6 is 0 Å². The van der Waals surface area contributed by atoms with Crippen molar-refractivity contribution in [1.82, 2.24) is 15.3 Å². The van der Waals surface area contributed by atoms with Gasteiger partial charge in [-0.05, 0) is 42.4 Å². The third-order valence-electron chi connectivity index (χ3n) is 6.59. The van der Waals surface area contributed by atoms with Crippen LogP contribution in [0.1, 0.15) is 55.5 Å². The summed E-state index contributed by atoms with van der Waals surface area (Å²) >= 11 is 0. The zero-order valence-electron chi connectivity index (χ0n) is 17.1. The summed E-state index contributed by atoms with van der Waals surface area (Å²) in [5.74, 6) is 4.58. The Balaban J connectivity index is 1.52. The molecule has 1 aromatic heterocycles. The molecule has 4 rings (SSSR count). The summed E-state index contributed by atoms with van der Waals surface area (Å²) in [6.07, 6.45) is 10.2. The molecule has 2 aliphatic carbocycles. The zero-order chi connectivity index (χ0) is 19.5. The first-order chi connectivity index (χ1) is 13.7. The fourth-order valence-corrected chi connectivity index (χ4v) is 5.15. The summed E-state index contributed by atoms with van der Waals surface area (Å²) in [6.45, 7) is 2.90. The van der Waals surface area contributed by atoms with Gasteiger partial charge in [0.2, 0.25) is 0 Å². The van der Waals surface area contributed by atoms with Crippen molar-refractivity contribution in [3.63, 3.8) is 0 Å². The molecule has 28 heavy (non-hydrogen) atoms. The monoisotopic (exact) mass is 381 g/mol. The van der Waals surface area contributed by atoms with Gasteiger partial charge in [-0.3, -0.25) is 0 Å². The Bertz CT molecular complexity index is 793. The number of aromatic nitrogens is 2. The van der Waals surface area contributed by atoms with Gasteiger partial charge in [0.15, 0.2) is 11.5 Å². The SMILES string of the molecule is CCc1ncc(CN[C@H]2C3CCCCC3[C@@H]2c2ccc(OC)c(OC)c2)cn1. The second-order valence-electron chi connectivity index (χ2n) is 8.02. The molecule has 0 amide bonds. The molecule has 0 radical (unpaired) electrons. The predicted octanol–water partition coefficient (Wildman–Crippen LogP) is 4.12. The number of fused-ring (bicyclic) bond motifs is 1. The molecule has 5 heteroatoms. The van der Waals surface area contributed by atoms with Crippen LogP contribution in [0.15, 0.2) is 30.6 Å². The molecule has 2 aromatic rings. The summed E-state index contributed by atoms with van der Waals surface area (Å²) < 4.78 is 11.0. The summed E-state index contributed by atoms with van der Waals surface area (Å²) in [6, 6.07) is 6.92. The number of methoxy groups -OCH3 is 2. The minimum absolute atomic E-state index is 0.495. The predicted molar refractivity (Wildman–Crippen MR) is 110 cm³/mol. The number of nitrogens with zero attached hydrogens (tertiary/aromatic N) is 2. The van der Waals surface area contributed by atoms with E-state index in [2.05, 4.69) is 34.3 Å². The molecule has 2 unspecified atom stereocenters. The molecule has 2 saturated carbocycles. The van der Waals surface area contributed by atoms with E-state index in [4.69, 9.17) is 9.47 Å². The van der Waals surface area contributed by atoms with E-state index in [1.165, 1.54) is 31.2 Å². The molecule has 0 aliphatic heterocycles. The molecule has 2 fully saturated rings. The fraction of sp³-hybridized carbons (Fsp3) is 0.565. The second kappa shape index (κ2) is 8.48. The zero-order valence-corrected chi connectivity index (χ0v) is 17.1. The van der Waals surface area contributed by atoms with Gasteiger partial charge in [0.1, 0.15) is 5.82 Å². The minimum atomic E-state index is 0.495. The van der Waals surface area contributed by atoms with Gasteiger partial charge in [0, 0.05) is 42.9 Å². The highest BCUT2D eigenvalue weighted by Gasteiger charge is 2.51. The first-order valence-corrected chi connectivity index (χ1v) is 10.5. The Kier molecular flexibility index (Phi) is 5.81. The van der Waals surface area contributed by atoms with Crippen LogP contribution in [0.3, 0.4) is 0 Å². The fourth-order valence-electron chi connectivity index (χ4n) is 5.15. The third-order valence-corrected chi connectivity index (χ3v) is 6.59. The van der Waals surface area contributed by atoms with Crippen LogP contribution in [-0.4, -0.2) is 30.2 Å². The average molecular weight is 382 g/mol. The number of hydrogen-bond acceptors (Lipinski definition) is 5. The highest BCUT2D eigenvalue weighted by atomic mass is 16.5. The van der Waals surface area contributed by atoms with E-state index >= 15 is 0 Å². The lowest BCUT2D eigenvalue weighted by molar-refractivity contribution is 0.0252. The Morgan fingerprint density at radius 2 is 1.71 bits per heavy atom. The van der Waals surface area contributed by atoms with Crippen molar-refractivity contribution >= 4 is 0 Å². The Morgan fingerprint density at radius 3 is 2.39 bits per heavy atom. The number of ether oxygens (including phenoxy) is 2. The first kappa shape index (κ1) is 19.2. The van der Waals surface area contributed by atoms with E-state index in [1.54, 1.807) is 14.2 Å². The van der Waals surface area contributed by atoms with E-state index in [0.29, 0.717) is 12.0 Å². The summed E-state index contributed by atoms with van der Waals surface area (Å²) in [7, 11) is 3.40. The van der Waals surface area contributed by atoms with Gasteiger partial charge < -0.3 is 14.8 Å². The van der Waals surface area contributed by atoms with Crippen molar-refractivity contribution in [2.24, 2.45) is 11.8 Å². The van der Waals surface area contributed by atoms with Crippen molar-refractivity contribution in [1.29, 1.82) is 0 Å². The number of hydrogen-bond donors (Lipinski definition) is 1. The van der Waals surface area contributed by atoms with Crippen LogP contribution in [0.4, 0.5) is 0 Å². The lowest BCUT2D eigenvalue weighted by atomic mass is 9.53. The van der Waals surface area contributed by atoms with E-state index in [-0.39, 0.29) is 0 Å². The molecule has 0 bridgehead atoms. The van der Waals surface area contributed by atoms with Gasteiger partial charge in [-0.2, -0.15) is 0 Å². The van der Waals surface area contributed by atoms with E-state index in [9.17, 15) is 0 Å². The molecule has 150 valence electrons. The minimum Gasteiger partial charge on any atom is -0.493 e. The topological polar surface area (TPSA) is 56.3 Å². The smallest absolute Gasteiger partial charge is 0.160 e. The molecule has 2 aliphatic rings. The van der Waals surface area contributed by atoms with Crippen molar-refractivity contribution in [2.75, 3.05) is 14.2 Å². The molecular weight excluding hydrogens is 350 g/mol. The number of nitrogens with one attached hydrogen (secondary N) is 1. The maximum atomic E-state index is 5.56. The lowest BCUT2D eigenvalue weighted by Gasteiger charge is -2.55. The van der Waals surface area contributed by atoms with E-state index in [0.717, 1.165) is 47.7 Å². The van der Waals surface area contributed by atoms with Crippen molar-refractivity contribution in [3.8, 4) is 11.5 Å². The summed E-state index contributed by atoms with van der Waals surface area (Å²) in [5, 5.41) is 3.83. The van der Waals surface area contributed by atoms with Crippen LogP contribution in [0.2, 0.25) is 0 Å². The van der Waals surface area contributed by atoms with Gasteiger partial charge in [-0.1, -0.05) is 25.8 Å². The van der Waals surface area contributed by atoms with Crippen molar-refractivity contribution in [3.05, 3.63) is 47.5 Å². The standard InChI is InChI=1S/C23H31N3O2/c1-4-21-24-12-15(13-25-21)14-26-23-18-8-6-5-7-17(18)22(23)16-9-10-19(27-2)20(11-16)28-3/h9-13,17-18,22-23,26H,4-8,14H2,1-3H3/t17?,18?,22-,23-/m0/s1. The first-order valence-electron chi connectivity index (χ1n) is 10.5. The van der Waals surface area contributed by atoms with Gasteiger partial charge in [-0.15, -0.1) is 0 Å². The lowest BCUT2D eigenvalue weighted by Crippen LogP contribution is -2.57. The molecule has 1 N–H and O–H groups in total. The van der Waals surface area contributed by atoms with Crippen LogP contribution in [0, 0.1) is 11.8 Å². The van der Waals surface area contributed by atoms with Crippen LogP contribution < -0.4 is 14.8 Å². The molecule has 0 spiro atoms. The quantitative estimate of drug-likeness (QED) is 0.782. The van der Waals surface area contributed by atoms with E-state index < -0.39 is 0 Å². The molecule has 1 heterocycles. The third kappa shape index (κ3) is 3.60. The Labute approximate surface area is 167 Å². The largest absolute Gasteiger partial charge is 0.493 e. The Morgan fingerprint density at radius 1 is 1.00 bits per heavy atom. The average Bonchev–Trinajstić information content (AvgIpc) is 2.74. The second-order valence-corrected chi connectivity index (χ2v) is 8.02. The molecule has 4 atom stereocenters. The maximum Gasteiger partial charge on any atom is 0.160 e. The van der Waals surface area contributed by atoms with Gasteiger partial charge in [-0.25, -0.2) is 9.97 Å². The van der Waals surface area contributed by atoms with Crippen LogP contribution in [-0.2, 0) is 13.0 Å². The highest BCUT2D eigenvalue weighted by molar-refractivity contribution is 5.45. The Hall–Kier alpha value is -2.14. The number of rotatable bonds is 7. The molecular formula is C23H31N3O2. The number of benzene rings is 1. The van der Waals surface area contributed by atoms with Crippen LogP contribution in [0.25, 0.3) is 0 Å². The normalized spacial score (nSPS) is 26.2. The van der Waals surface area contributed by atoms with Gasteiger partial charge in [0.25, 0.3) is 0 Å². The van der Waals surface area contributed by atoms with Gasteiger partial charge in [0.05, 0.1) is 14.2 Å².